The minimum absolute atomic E-state index is 0.136. The number of anilines is 1. The summed E-state index contributed by atoms with van der Waals surface area (Å²) in [6.07, 6.45) is 1.42. The van der Waals surface area contributed by atoms with Crippen LogP contribution in [0.3, 0.4) is 0 Å². The van der Waals surface area contributed by atoms with Crippen molar-refractivity contribution in [2.24, 2.45) is 0 Å². The Morgan fingerprint density at radius 1 is 1.11 bits per heavy atom. The average Bonchev–Trinajstić information content (AvgIpc) is 3.21. The van der Waals surface area contributed by atoms with Gasteiger partial charge in [-0.05, 0) is 26.3 Å². The van der Waals surface area contributed by atoms with E-state index in [1.54, 1.807) is 6.92 Å². The van der Waals surface area contributed by atoms with E-state index in [0.717, 1.165) is 26.6 Å². The Morgan fingerprint density at radius 3 is 2.54 bits per heavy atom. The number of thiophene rings is 1. The van der Waals surface area contributed by atoms with Gasteiger partial charge in [-0.15, -0.1) is 21.5 Å². The molecule has 0 saturated carbocycles. The van der Waals surface area contributed by atoms with Gasteiger partial charge in [-0.1, -0.05) is 41.2 Å². The Labute approximate surface area is 168 Å². The number of nitrogens with zero attached hydrogens (tertiary/aromatic N) is 4. The van der Waals surface area contributed by atoms with Crippen LogP contribution in [0.15, 0.2) is 35.4 Å². The van der Waals surface area contributed by atoms with Gasteiger partial charge in [0.15, 0.2) is 0 Å². The van der Waals surface area contributed by atoms with Crippen molar-refractivity contribution >= 4 is 43.9 Å². The number of carbonyl (C=O) groups excluding carboxylic acids is 1. The molecule has 0 aliphatic rings. The second-order valence-electron chi connectivity index (χ2n) is 6.43. The molecule has 0 aliphatic heterocycles. The molecule has 0 atom stereocenters. The minimum Gasteiger partial charge on any atom is -0.299 e. The molecule has 1 aromatic carbocycles. The molecule has 4 rings (SSSR count). The Balaban J connectivity index is 1.72. The summed E-state index contributed by atoms with van der Waals surface area (Å²) < 4.78 is 1.33. The van der Waals surface area contributed by atoms with E-state index < -0.39 is 0 Å². The quantitative estimate of drug-likeness (QED) is 0.555. The molecule has 142 valence electrons. The maximum absolute atomic E-state index is 13.1. The van der Waals surface area contributed by atoms with Gasteiger partial charge in [0.2, 0.25) is 11.0 Å². The predicted molar refractivity (Wildman–Crippen MR) is 112 cm³/mol. The fourth-order valence-electron chi connectivity index (χ4n) is 2.98. The van der Waals surface area contributed by atoms with Crippen molar-refractivity contribution in [3.05, 3.63) is 56.4 Å². The molecule has 9 heteroatoms. The van der Waals surface area contributed by atoms with Gasteiger partial charge in [0.25, 0.3) is 5.56 Å². The zero-order valence-corrected chi connectivity index (χ0v) is 17.1. The van der Waals surface area contributed by atoms with Gasteiger partial charge in [0, 0.05) is 10.4 Å². The Bertz CT molecular complexity index is 1240. The lowest BCUT2D eigenvalue weighted by atomic mass is 10.0. The molecule has 0 fully saturated rings. The minimum atomic E-state index is -0.344. The second kappa shape index (κ2) is 7.25. The first-order valence-electron chi connectivity index (χ1n) is 8.58. The maximum atomic E-state index is 13.1. The summed E-state index contributed by atoms with van der Waals surface area (Å²) in [5, 5.41) is 12.1. The smallest absolute Gasteiger partial charge is 0.263 e. The average molecular weight is 412 g/mol. The van der Waals surface area contributed by atoms with Gasteiger partial charge in [0.05, 0.1) is 11.7 Å². The monoisotopic (exact) mass is 411 g/mol. The van der Waals surface area contributed by atoms with E-state index in [0.29, 0.717) is 15.3 Å². The number of hydrogen-bond donors (Lipinski definition) is 1. The van der Waals surface area contributed by atoms with Crippen LogP contribution in [0.5, 0.6) is 0 Å². The predicted octanol–water partition coefficient (Wildman–Crippen LogP) is 3.54. The lowest BCUT2D eigenvalue weighted by molar-refractivity contribution is -0.116. The third-order valence-electron chi connectivity index (χ3n) is 4.28. The van der Waals surface area contributed by atoms with E-state index in [1.807, 2.05) is 38.1 Å². The summed E-state index contributed by atoms with van der Waals surface area (Å²) in [6, 6.07) is 8.05. The van der Waals surface area contributed by atoms with Crippen LogP contribution < -0.4 is 10.9 Å². The zero-order chi connectivity index (χ0) is 19.8. The lowest BCUT2D eigenvalue weighted by Gasteiger charge is -2.06. The number of carbonyl (C=O) groups is 1. The van der Waals surface area contributed by atoms with E-state index in [2.05, 4.69) is 20.5 Å². The summed E-state index contributed by atoms with van der Waals surface area (Å²) in [4.78, 5) is 31.5. The topological polar surface area (TPSA) is 89.8 Å². The number of aromatic nitrogens is 4. The van der Waals surface area contributed by atoms with Crippen molar-refractivity contribution in [2.45, 2.75) is 27.3 Å². The number of rotatable bonds is 4. The van der Waals surface area contributed by atoms with Crippen molar-refractivity contribution in [1.29, 1.82) is 0 Å². The normalized spacial score (nSPS) is 11.1. The summed E-state index contributed by atoms with van der Waals surface area (Å²) >= 11 is 2.77. The third kappa shape index (κ3) is 3.46. The second-order valence-corrected chi connectivity index (χ2v) is 8.82. The Morgan fingerprint density at radius 2 is 1.86 bits per heavy atom. The van der Waals surface area contributed by atoms with E-state index in [-0.39, 0.29) is 18.0 Å². The molecule has 0 spiro atoms. The molecule has 0 saturated heterocycles. The number of fused-ring (bicyclic) bond motifs is 1. The summed E-state index contributed by atoms with van der Waals surface area (Å²) in [6.45, 7) is 5.68. The Hall–Kier alpha value is -2.91. The zero-order valence-electron chi connectivity index (χ0n) is 15.5. The first kappa shape index (κ1) is 18.5. The molecule has 0 aliphatic carbocycles. The van der Waals surface area contributed by atoms with Crippen molar-refractivity contribution in [1.82, 2.24) is 19.7 Å². The lowest BCUT2D eigenvalue weighted by Crippen LogP contribution is -2.27. The maximum Gasteiger partial charge on any atom is 0.263 e. The van der Waals surface area contributed by atoms with Gasteiger partial charge < -0.3 is 0 Å². The summed E-state index contributed by atoms with van der Waals surface area (Å²) in [7, 11) is 0. The SMILES string of the molecule is Cc1ccc(-c2c(C)sc3ncn(CC(=O)Nc4nnc(C)s4)c(=O)c23)cc1. The summed E-state index contributed by atoms with van der Waals surface area (Å²) in [5.41, 5.74) is 2.78. The van der Waals surface area contributed by atoms with Crippen LogP contribution in [0.2, 0.25) is 0 Å². The fourth-order valence-corrected chi connectivity index (χ4v) is 4.59. The number of amides is 1. The molecule has 7 nitrogen and oxygen atoms in total. The highest BCUT2D eigenvalue weighted by molar-refractivity contribution is 7.19. The van der Waals surface area contributed by atoms with E-state index in [9.17, 15) is 9.59 Å². The molecule has 1 amide bonds. The highest BCUT2D eigenvalue weighted by Gasteiger charge is 2.18. The molecule has 0 radical (unpaired) electrons. The first-order valence-corrected chi connectivity index (χ1v) is 10.2. The van der Waals surface area contributed by atoms with Gasteiger partial charge in [-0.2, -0.15) is 0 Å². The molecule has 3 heterocycles. The van der Waals surface area contributed by atoms with Crippen molar-refractivity contribution < 1.29 is 4.79 Å². The number of benzene rings is 1. The fraction of sp³-hybridized carbons (Fsp3) is 0.211. The van der Waals surface area contributed by atoms with Gasteiger partial charge in [0.1, 0.15) is 16.4 Å². The van der Waals surface area contributed by atoms with Crippen LogP contribution in [0.25, 0.3) is 21.3 Å². The molecule has 0 unspecified atom stereocenters. The highest BCUT2D eigenvalue weighted by Crippen LogP contribution is 2.35. The van der Waals surface area contributed by atoms with Crippen LogP contribution in [0.4, 0.5) is 5.13 Å². The molecule has 4 aromatic rings. The third-order valence-corrected chi connectivity index (χ3v) is 6.05. The molecular formula is C19H17N5O2S2. The van der Waals surface area contributed by atoms with Gasteiger partial charge in [-0.3, -0.25) is 19.5 Å². The highest BCUT2D eigenvalue weighted by atomic mass is 32.1. The van der Waals surface area contributed by atoms with Crippen molar-refractivity contribution in [2.75, 3.05) is 5.32 Å². The molecule has 0 bridgehead atoms. The molecule has 3 aromatic heterocycles. The number of hydrogen-bond acceptors (Lipinski definition) is 7. The largest absolute Gasteiger partial charge is 0.299 e. The number of aryl methyl sites for hydroxylation is 3. The van der Waals surface area contributed by atoms with Crippen LogP contribution >= 0.6 is 22.7 Å². The Kier molecular flexibility index (Phi) is 4.78. The van der Waals surface area contributed by atoms with Crippen LogP contribution in [0.1, 0.15) is 15.4 Å². The van der Waals surface area contributed by atoms with Crippen molar-refractivity contribution in [3.8, 4) is 11.1 Å². The van der Waals surface area contributed by atoms with Crippen LogP contribution in [0, 0.1) is 20.8 Å². The van der Waals surface area contributed by atoms with Gasteiger partial charge in [-0.25, -0.2) is 4.98 Å². The van der Waals surface area contributed by atoms with E-state index in [1.165, 1.54) is 33.6 Å². The van der Waals surface area contributed by atoms with Crippen LogP contribution in [-0.4, -0.2) is 25.7 Å². The summed E-state index contributed by atoms with van der Waals surface area (Å²) in [5.74, 6) is -0.344. The van der Waals surface area contributed by atoms with Crippen LogP contribution in [-0.2, 0) is 11.3 Å². The first-order chi connectivity index (χ1) is 13.4. The molecular weight excluding hydrogens is 394 g/mol. The number of nitrogens with one attached hydrogen (secondary N) is 1. The molecule has 1 N–H and O–H groups in total. The van der Waals surface area contributed by atoms with E-state index in [4.69, 9.17) is 0 Å². The standard InChI is InChI=1S/C19H17N5O2S2/c1-10-4-6-13(7-5-10)15-11(2)27-17-16(15)18(26)24(9-20-17)8-14(25)21-19-23-22-12(3)28-19/h4-7,9H,8H2,1-3H3,(H,21,23,25). The molecule has 28 heavy (non-hydrogen) atoms. The van der Waals surface area contributed by atoms with Crippen molar-refractivity contribution in [3.63, 3.8) is 0 Å². The van der Waals surface area contributed by atoms with Gasteiger partial charge >= 0.3 is 0 Å². The van der Waals surface area contributed by atoms with E-state index >= 15 is 0 Å².